The van der Waals surface area contributed by atoms with Crippen LogP contribution >= 0.6 is 0 Å². The average Bonchev–Trinajstić information content (AvgIpc) is 2.74. The van der Waals surface area contributed by atoms with Crippen LogP contribution in [0.5, 0.6) is 5.88 Å². The lowest BCUT2D eigenvalue weighted by atomic mass is 10.0. The molecule has 74 valence electrons. The first-order valence-corrected chi connectivity index (χ1v) is 5.09. The zero-order valence-corrected chi connectivity index (χ0v) is 8.26. The molecule has 15 heavy (non-hydrogen) atoms. The second kappa shape index (κ2) is 3.39. The topological polar surface area (TPSA) is 22.1 Å². The maximum Gasteiger partial charge on any atom is 0.217 e. The van der Waals surface area contributed by atoms with Crippen LogP contribution in [0.15, 0.2) is 48.7 Å². The van der Waals surface area contributed by atoms with Crippen LogP contribution in [0.25, 0.3) is 0 Å². The molecule has 2 nitrogen and oxygen atoms in total. The number of aromatic nitrogens is 1. The number of pyridine rings is 1. The van der Waals surface area contributed by atoms with Gasteiger partial charge in [-0.05, 0) is 11.6 Å². The van der Waals surface area contributed by atoms with Crippen molar-refractivity contribution in [2.75, 3.05) is 0 Å². The van der Waals surface area contributed by atoms with Crippen LogP contribution in [-0.2, 0) is 6.42 Å². The van der Waals surface area contributed by atoms with Crippen LogP contribution in [0.4, 0.5) is 0 Å². The van der Waals surface area contributed by atoms with Gasteiger partial charge >= 0.3 is 0 Å². The molecule has 2 heterocycles. The molecule has 2 aromatic rings. The Morgan fingerprint density at radius 1 is 1.07 bits per heavy atom. The monoisotopic (exact) mass is 197 g/mol. The Hall–Kier alpha value is -1.83. The molecule has 0 N–H and O–H groups in total. The van der Waals surface area contributed by atoms with Crippen molar-refractivity contribution in [3.63, 3.8) is 0 Å². The molecule has 0 amide bonds. The van der Waals surface area contributed by atoms with E-state index in [1.54, 1.807) is 6.20 Å². The van der Waals surface area contributed by atoms with Gasteiger partial charge in [0.25, 0.3) is 0 Å². The van der Waals surface area contributed by atoms with E-state index in [1.165, 1.54) is 11.1 Å². The summed E-state index contributed by atoms with van der Waals surface area (Å²) in [5.74, 6) is 0.784. The Morgan fingerprint density at radius 2 is 1.93 bits per heavy atom. The third kappa shape index (κ3) is 1.48. The van der Waals surface area contributed by atoms with Crippen molar-refractivity contribution >= 4 is 0 Å². The van der Waals surface area contributed by atoms with Crippen LogP contribution in [0.2, 0.25) is 0 Å². The molecule has 3 rings (SSSR count). The molecule has 0 radical (unpaired) electrons. The fourth-order valence-corrected chi connectivity index (χ4v) is 1.92. The largest absolute Gasteiger partial charge is 0.469 e. The lowest BCUT2D eigenvalue weighted by molar-refractivity contribution is 0.230. The molecule has 0 fully saturated rings. The molecule has 1 atom stereocenters. The van der Waals surface area contributed by atoms with Gasteiger partial charge in [0.05, 0.1) is 0 Å². The molecule has 0 aliphatic carbocycles. The Kier molecular flexibility index (Phi) is 1.91. The summed E-state index contributed by atoms with van der Waals surface area (Å²) in [6.07, 6.45) is 2.83. The number of fused-ring (bicyclic) bond motifs is 1. The van der Waals surface area contributed by atoms with Gasteiger partial charge in [0.15, 0.2) is 0 Å². The Labute approximate surface area is 88.5 Å². The van der Waals surface area contributed by atoms with Crippen molar-refractivity contribution in [3.8, 4) is 5.88 Å². The summed E-state index contributed by atoms with van der Waals surface area (Å²) in [5, 5.41) is 0. The van der Waals surface area contributed by atoms with E-state index < -0.39 is 0 Å². The van der Waals surface area contributed by atoms with Gasteiger partial charge in [-0.25, -0.2) is 4.98 Å². The molecule has 2 heteroatoms. The van der Waals surface area contributed by atoms with Crippen LogP contribution in [0.3, 0.4) is 0 Å². The third-order valence-electron chi connectivity index (χ3n) is 2.68. The molecule has 1 aromatic heterocycles. The highest BCUT2D eigenvalue weighted by Crippen LogP contribution is 2.34. The number of ether oxygens (including phenoxy) is 1. The van der Waals surface area contributed by atoms with Crippen LogP contribution in [-0.4, -0.2) is 4.98 Å². The fraction of sp³-hybridized carbons (Fsp3) is 0.154. The minimum absolute atomic E-state index is 0.135. The van der Waals surface area contributed by atoms with Crippen LogP contribution in [0.1, 0.15) is 17.2 Å². The number of benzene rings is 1. The smallest absolute Gasteiger partial charge is 0.217 e. The summed E-state index contributed by atoms with van der Waals surface area (Å²) >= 11 is 0. The molecule has 0 saturated heterocycles. The predicted octanol–water partition coefficient (Wildman–Crippen LogP) is 2.76. The van der Waals surface area contributed by atoms with Gasteiger partial charge in [0.1, 0.15) is 6.10 Å². The van der Waals surface area contributed by atoms with Gasteiger partial charge in [0, 0.05) is 18.2 Å². The van der Waals surface area contributed by atoms with Gasteiger partial charge in [-0.1, -0.05) is 36.4 Å². The standard InChI is InChI=1S/C13H11NO/c1-2-5-10(6-3-1)12-9-11-7-4-8-14-13(11)15-12/h1-8,12H,9H2. The van der Waals surface area contributed by atoms with E-state index in [1.807, 2.05) is 24.3 Å². The highest BCUT2D eigenvalue weighted by atomic mass is 16.5. The quantitative estimate of drug-likeness (QED) is 0.701. The summed E-state index contributed by atoms with van der Waals surface area (Å²) in [5.41, 5.74) is 2.42. The average molecular weight is 197 g/mol. The van der Waals surface area contributed by atoms with Gasteiger partial charge in [-0.2, -0.15) is 0 Å². The van der Waals surface area contributed by atoms with Gasteiger partial charge in [-0.15, -0.1) is 0 Å². The number of hydrogen-bond donors (Lipinski definition) is 0. The molecule has 0 bridgehead atoms. The molecule has 0 spiro atoms. The summed E-state index contributed by atoms with van der Waals surface area (Å²) in [7, 11) is 0. The molecule has 0 saturated carbocycles. The van der Waals surface area contributed by atoms with E-state index >= 15 is 0 Å². The van der Waals surface area contributed by atoms with Crippen molar-refractivity contribution < 1.29 is 4.74 Å². The van der Waals surface area contributed by atoms with Crippen LogP contribution in [0, 0.1) is 0 Å². The van der Waals surface area contributed by atoms with E-state index in [0.29, 0.717) is 0 Å². The summed E-state index contributed by atoms with van der Waals surface area (Å²) in [6.45, 7) is 0. The third-order valence-corrected chi connectivity index (χ3v) is 2.68. The first kappa shape index (κ1) is 8.48. The molecule has 1 aliphatic rings. The minimum atomic E-state index is 0.135. The SMILES string of the molecule is c1ccc(C2Cc3cccnc3O2)cc1. The highest BCUT2D eigenvalue weighted by Gasteiger charge is 2.24. The highest BCUT2D eigenvalue weighted by molar-refractivity contribution is 5.33. The second-order valence-electron chi connectivity index (χ2n) is 3.69. The maximum atomic E-state index is 5.78. The number of nitrogens with zero attached hydrogens (tertiary/aromatic N) is 1. The van der Waals surface area contributed by atoms with E-state index in [9.17, 15) is 0 Å². The maximum absolute atomic E-state index is 5.78. The normalized spacial score (nSPS) is 18.3. The molecular formula is C13H11NO. The lowest BCUT2D eigenvalue weighted by Crippen LogP contribution is -2.02. The van der Waals surface area contributed by atoms with Gasteiger partial charge in [-0.3, -0.25) is 0 Å². The van der Waals surface area contributed by atoms with Gasteiger partial charge in [0.2, 0.25) is 5.88 Å². The van der Waals surface area contributed by atoms with E-state index in [2.05, 4.69) is 23.2 Å². The van der Waals surface area contributed by atoms with Crippen molar-refractivity contribution in [1.29, 1.82) is 0 Å². The van der Waals surface area contributed by atoms with Crippen molar-refractivity contribution in [1.82, 2.24) is 4.98 Å². The summed E-state index contributed by atoms with van der Waals surface area (Å²) in [4.78, 5) is 4.21. The first-order chi connectivity index (χ1) is 7.43. The zero-order valence-electron chi connectivity index (χ0n) is 8.26. The van der Waals surface area contributed by atoms with E-state index in [4.69, 9.17) is 4.74 Å². The lowest BCUT2D eigenvalue weighted by Gasteiger charge is -2.09. The van der Waals surface area contributed by atoms with E-state index in [-0.39, 0.29) is 6.10 Å². The molecule has 1 unspecified atom stereocenters. The van der Waals surface area contributed by atoms with Crippen LogP contribution < -0.4 is 4.74 Å². The fourth-order valence-electron chi connectivity index (χ4n) is 1.92. The Balaban J connectivity index is 1.91. The first-order valence-electron chi connectivity index (χ1n) is 5.09. The Bertz CT molecular complexity index is 442. The molecular weight excluding hydrogens is 186 g/mol. The van der Waals surface area contributed by atoms with Crippen molar-refractivity contribution in [2.45, 2.75) is 12.5 Å². The van der Waals surface area contributed by atoms with Gasteiger partial charge < -0.3 is 4.74 Å². The summed E-state index contributed by atoms with van der Waals surface area (Å²) < 4.78 is 5.78. The number of hydrogen-bond acceptors (Lipinski definition) is 2. The number of rotatable bonds is 1. The summed E-state index contributed by atoms with van der Waals surface area (Å²) in [6, 6.07) is 14.3. The predicted molar refractivity (Wildman–Crippen MR) is 57.8 cm³/mol. The van der Waals surface area contributed by atoms with E-state index in [0.717, 1.165) is 12.3 Å². The van der Waals surface area contributed by atoms with Crippen molar-refractivity contribution in [3.05, 3.63) is 59.8 Å². The minimum Gasteiger partial charge on any atom is -0.469 e. The zero-order chi connectivity index (χ0) is 10.1. The Morgan fingerprint density at radius 3 is 2.73 bits per heavy atom. The molecule has 1 aromatic carbocycles. The molecule has 1 aliphatic heterocycles. The van der Waals surface area contributed by atoms with Crippen molar-refractivity contribution in [2.24, 2.45) is 0 Å². The second-order valence-corrected chi connectivity index (χ2v) is 3.69.